The molecule has 1 heterocycles. The average Bonchev–Trinajstić information content (AvgIpc) is 3.37. The van der Waals surface area contributed by atoms with Crippen LogP contribution < -0.4 is 10.2 Å². The summed E-state index contributed by atoms with van der Waals surface area (Å²) >= 11 is 5.91. The quantitative estimate of drug-likeness (QED) is 0.335. The summed E-state index contributed by atoms with van der Waals surface area (Å²) in [5.41, 5.74) is 2.88. The van der Waals surface area contributed by atoms with E-state index in [1.54, 1.807) is 77.7 Å². The van der Waals surface area contributed by atoms with Crippen molar-refractivity contribution in [1.82, 2.24) is 4.90 Å². The highest BCUT2D eigenvalue weighted by molar-refractivity contribution is 6.30. The molecule has 1 aromatic heterocycles. The number of rotatable bonds is 7. The Kier molecular flexibility index (Phi) is 7.30. The van der Waals surface area contributed by atoms with Crippen LogP contribution in [0.5, 0.6) is 0 Å². The molecule has 34 heavy (non-hydrogen) atoms. The van der Waals surface area contributed by atoms with E-state index in [-0.39, 0.29) is 11.9 Å². The molecule has 0 radical (unpaired) electrons. The molecule has 0 bridgehead atoms. The van der Waals surface area contributed by atoms with Gasteiger partial charge in [0, 0.05) is 35.6 Å². The van der Waals surface area contributed by atoms with Gasteiger partial charge >= 0.3 is 6.03 Å². The van der Waals surface area contributed by atoms with Crippen LogP contribution in [0.3, 0.4) is 0 Å². The minimum Gasteiger partial charge on any atom is -0.467 e. The number of hydrogen-bond donors (Lipinski definition) is 1. The molecule has 0 saturated carbocycles. The summed E-state index contributed by atoms with van der Waals surface area (Å²) in [6.07, 6.45) is 1.59. The summed E-state index contributed by atoms with van der Waals surface area (Å²) < 4.78 is 5.44. The maximum atomic E-state index is 13.1. The number of urea groups is 1. The van der Waals surface area contributed by atoms with Gasteiger partial charge in [-0.2, -0.15) is 0 Å². The van der Waals surface area contributed by atoms with E-state index in [9.17, 15) is 9.59 Å². The molecule has 0 spiro atoms. The fourth-order valence-corrected chi connectivity index (χ4v) is 3.59. The highest BCUT2D eigenvalue weighted by Gasteiger charge is 2.17. The standard InChI is InChI=1S/C27H24ClN3O3/c1-30(26(32)21-9-11-22(28)12-10-21)24-15-13-23(14-16-24)29-27(33)31(19-25-8-5-17-34-25)18-20-6-3-2-4-7-20/h2-17H,18-19H2,1H3,(H,29,33). The Morgan fingerprint density at radius 1 is 0.853 bits per heavy atom. The predicted molar refractivity (Wildman–Crippen MR) is 134 cm³/mol. The molecule has 0 aliphatic heterocycles. The van der Waals surface area contributed by atoms with Gasteiger partial charge in [-0.25, -0.2) is 4.79 Å². The van der Waals surface area contributed by atoms with Crippen LogP contribution in [-0.4, -0.2) is 23.9 Å². The molecule has 0 aliphatic carbocycles. The van der Waals surface area contributed by atoms with Crippen LogP contribution in [-0.2, 0) is 13.1 Å². The van der Waals surface area contributed by atoms with Crippen LogP contribution >= 0.6 is 11.6 Å². The van der Waals surface area contributed by atoms with Crippen molar-refractivity contribution < 1.29 is 14.0 Å². The number of anilines is 2. The van der Waals surface area contributed by atoms with E-state index in [0.29, 0.717) is 40.8 Å². The number of nitrogens with zero attached hydrogens (tertiary/aromatic N) is 2. The molecule has 172 valence electrons. The lowest BCUT2D eigenvalue weighted by Gasteiger charge is -2.23. The zero-order chi connectivity index (χ0) is 23.9. The van der Waals surface area contributed by atoms with Crippen LogP contribution in [0, 0.1) is 0 Å². The third-order valence-corrected chi connectivity index (χ3v) is 5.58. The molecule has 3 amide bonds. The number of carbonyl (C=O) groups excluding carboxylic acids is 2. The van der Waals surface area contributed by atoms with Crippen LogP contribution in [0.15, 0.2) is 102 Å². The monoisotopic (exact) mass is 473 g/mol. The summed E-state index contributed by atoms with van der Waals surface area (Å²) in [7, 11) is 1.70. The number of nitrogens with one attached hydrogen (secondary N) is 1. The first-order valence-corrected chi connectivity index (χ1v) is 11.1. The second-order valence-corrected chi connectivity index (χ2v) is 8.21. The van der Waals surface area contributed by atoms with Gasteiger partial charge in [-0.15, -0.1) is 0 Å². The summed E-state index contributed by atoms with van der Waals surface area (Å²) in [5, 5.41) is 3.51. The van der Waals surface area contributed by atoms with E-state index in [0.717, 1.165) is 5.56 Å². The van der Waals surface area contributed by atoms with E-state index in [2.05, 4.69) is 5.32 Å². The van der Waals surface area contributed by atoms with E-state index in [4.69, 9.17) is 16.0 Å². The Bertz CT molecular complexity index is 1220. The van der Waals surface area contributed by atoms with Gasteiger partial charge in [0.2, 0.25) is 0 Å². The third kappa shape index (κ3) is 5.85. The topological polar surface area (TPSA) is 65.8 Å². The Balaban J connectivity index is 1.44. The molecule has 0 aliphatic rings. The van der Waals surface area contributed by atoms with Crippen LogP contribution in [0.25, 0.3) is 0 Å². The van der Waals surface area contributed by atoms with Crippen LogP contribution in [0.4, 0.5) is 16.2 Å². The molecule has 4 aromatic rings. The van der Waals surface area contributed by atoms with Gasteiger partial charge in [-0.05, 0) is 66.2 Å². The molecule has 0 atom stereocenters. The summed E-state index contributed by atoms with van der Waals surface area (Å²) in [6.45, 7) is 0.772. The van der Waals surface area contributed by atoms with Crippen molar-refractivity contribution in [2.45, 2.75) is 13.1 Å². The highest BCUT2D eigenvalue weighted by Crippen LogP contribution is 2.21. The minimum absolute atomic E-state index is 0.152. The molecule has 6 nitrogen and oxygen atoms in total. The maximum absolute atomic E-state index is 13.1. The fraction of sp³-hybridized carbons (Fsp3) is 0.111. The number of carbonyl (C=O) groups is 2. The number of halogens is 1. The molecule has 0 saturated heterocycles. The van der Waals surface area contributed by atoms with Crippen LogP contribution in [0.1, 0.15) is 21.7 Å². The van der Waals surface area contributed by atoms with E-state index in [1.807, 2.05) is 36.4 Å². The second-order valence-electron chi connectivity index (χ2n) is 7.77. The lowest BCUT2D eigenvalue weighted by atomic mass is 10.2. The van der Waals surface area contributed by atoms with Gasteiger partial charge < -0.3 is 19.5 Å². The molecular formula is C27H24ClN3O3. The van der Waals surface area contributed by atoms with Gasteiger partial charge in [0.25, 0.3) is 5.91 Å². The van der Waals surface area contributed by atoms with Crippen LogP contribution in [0.2, 0.25) is 5.02 Å². The van der Waals surface area contributed by atoms with Gasteiger partial charge in [-0.1, -0.05) is 41.9 Å². The van der Waals surface area contributed by atoms with Gasteiger partial charge in [0.1, 0.15) is 5.76 Å². The summed E-state index contributed by atoms with van der Waals surface area (Å²) in [6, 6.07) is 27.0. The summed E-state index contributed by atoms with van der Waals surface area (Å²) in [4.78, 5) is 29.0. The SMILES string of the molecule is CN(C(=O)c1ccc(Cl)cc1)c1ccc(NC(=O)N(Cc2ccccc2)Cc2ccco2)cc1. The first-order valence-electron chi connectivity index (χ1n) is 10.8. The van der Waals surface area contributed by atoms with Crippen molar-refractivity contribution in [2.24, 2.45) is 0 Å². The second kappa shape index (κ2) is 10.7. The fourth-order valence-electron chi connectivity index (χ4n) is 3.47. The molecule has 0 fully saturated rings. The Morgan fingerprint density at radius 3 is 2.21 bits per heavy atom. The highest BCUT2D eigenvalue weighted by atomic mass is 35.5. The first kappa shape index (κ1) is 23.1. The average molecular weight is 474 g/mol. The van der Waals surface area contributed by atoms with Crippen molar-refractivity contribution in [3.8, 4) is 0 Å². The van der Waals surface area contributed by atoms with Crippen molar-refractivity contribution in [3.05, 3.63) is 119 Å². The smallest absolute Gasteiger partial charge is 0.322 e. The Hall–Kier alpha value is -4.03. The summed E-state index contributed by atoms with van der Waals surface area (Å²) in [5.74, 6) is 0.546. The van der Waals surface area contributed by atoms with Crippen molar-refractivity contribution in [1.29, 1.82) is 0 Å². The molecular weight excluding hydrogens is 450 g/mol. The molecule has 4 rings (SSSR count). The molecule has 1 N–H and O–H groups in total. The number of amides is 3. The zero-order valence-corrected chi connectivity index (χ0v) is 19.4. The van der Waals surface area contributed by atoms with E-state index in [1.165, 1.54) is 0 Å². The van der Waals surface area contributed by atoms with Crippen molar-refractivity contribution in [3.63, 3.8) is 0 Å². The van der Waals surface area contributed by atoms with Crippen molar-refractivity contribution >= 4 is 34.9 Å². The largest absolute Gasteiger partial charge is 0.467 e. The van der Waals surface area contributed by atoms with E-state index < -0.39 is 0 Å². The normalized spacial score (nSPS) is 10.5. The molecule has 3 aromatic carbocycles. The number of benzene rings is 3. The lowest BCUT2D eigenvalue weighted by molar-refractivity contribution is 0.0993. The third-order valence-electron chi connectivity index (χ3n) is 5.33. The Labute approximate surface area is 203 Å². The predicted octanol–water partition coefficient (Wildman–Crippen LogP) is 6.44. The lowest BCUT2D eigenvalue weighted by Crippen LogP contribution is -2.34. The van der Waals surface area contributed by atoms with E-state index >= 15 is 0 Å². The molecule has 7 heteroatoms. The Morgan fingerprint density at radius 2 is 1.56 bits per heavy atom. The van der Waals surface area contributed by atoms with Gasteiger partial charge in [0.15, 0.2) is 0 Å². The first-order chi connectivity index (χ1) is 16.5. The van der Waals surface area contributed by atoms with Crippen molar-refractivity contribution in [2.75, 3.05) is 17.3 Å². The number of furan rings is 1. The molecule has 0 unspecified atom stereocenters. The maximum Gasteiger partial charge on any atom is 0.322 e. The zero-order valence-electron chi connectivity index (χ0n) is 18.6. The van der Waals surface area contributed by atoms with Gasteiger partial charge in [0.05, 0.1) is 12.8 Å². The number of hydrogen-bond acceptors (Lipinski definition) is 3. The minimum atomic E-state index is -0.251. The van der Waals surface area contributed by atoms with Gasteiger partial charge in [-0.3, -0.25) is 4.79 Å².